The Kier molecular flexibility index (Phi) is 8.03. The summed E-state index contributed by atoms with van der Waals surface area (Å²) in [6.07, 6.45) is -0.177. The Hall–Kier alpha value is -3.15. The van der Waals surface area contributed by atoms with Crippen LogP contribution in [0.15, 0.2) is 78.9 Å². The maximum absolute atomic E-state index is 13.3. The van der Waals surface area contributed by atoms with E-state index in [1.54, 1.807) is 12.0 Å². The molecule has 0 saturated heterocycles. The number of rotatable bonds is 8. The second kappa shape index (κ2) is 10.9. The molecule has 3 rings (SSSR count). The van der Waals surface area contributed by atoms with Gasteiger partial charge >= 0.3 is 6.03 Å². The van der Waals surface area contributed by atoms with Crippen molar-refractivity contribution in [3.8, 4) is 11.1 Å². The molecule has 0 aliphatic carbocycles. The Morgan fingerprint density at radius 3 is 2.06 bits per heavy atom. The van der Waals surface area contributed by atoms with Gasteiger partial charge in [-0.25, -0.2) is 4.79 Å². The van der Waals surface area contributed by atoms with Crippen molar-refractivity contribution in [3.63, 3.8) is 0 Å². The van der Waals surface area contributed by atoms with Crippen molar-refractivity contribution >= 4 is 11.7 Å². The number of urea groups is 1. The average molecular weight is 432 g/mol. The van der Waals surface area contributed by atoms with Crippen LogP contribution in [0.5, 0.6) is 0 Å². The van der Waals surface area contributed by atoms with Gasteiger partial charge in [-0.15, -0.1) is 0 Å². The molecule has 0 aliphatic rings. The first kappa shape index (κ1) is 23.5. The summed E-state index contributed by atoms with van der Waals surface area (Å²) in [7, 11) is 1.63. The molecule has 168 valence electrons. The van der Waals surface area contributed by atoms with E-state index in [0.717, 1.165) is 22.4 Å². The molecular formula is C27H33N3O2. The molecule has 0 bridgehead atoms. The second-order valence-corrected chi connectivity index (χ2v) is 8.21. The van der Waals surface area contributed by atoms with E-state index in [2.05, 4.69) is 36.5 Å². The summed E-state index contributed by atoms with van der Waals surface area (Å²) < 4.78 is 5.38. The fourth-order valence-electron chi connectivity index (χ4n) is 3.51. The van der Waals surface area contributed by atoms with E-state index in [9.17, 15) is 4.79 Å². The van der Waals surface area contributed by atoms with Crippen LogP contribution >= 0.6 is 0 Å². The van der Waals surface area contributed by atoms with Crippen LogP contribution in [0.25, 0.3) is 11.1 Å². The molecule has 0 fully saturated rings. The first-order valence-corrected chi connectivity index (χ1v) is 11.0. The topological polar surface area (TPSA) is 67.6 Å². The molecule has 3 atom stereocenters. The van der Waals surface area contributed by atoms with Gasteiger partial charge in [-0.1, -0.05) is 72.3 Å². The monoisotopic (exact) mass is 431 g/mol. The molecule has 3 aromatic carbocycles. The zero-order valence-electron chi connectivity index (χ0n) is 19.3. The normalized spacial score (nSPS) is 13.8. The van der Waals surface area contributed by atoms with Crippen LogP contribution in [-0.2, 0) is 4.74 Å². The molecule has 3 unspecified atom stereocenters. The SMILES string of the molecule is COC(C)C(N)CN(C(=O)NC(C)c1ccccc1)c1ccc(-c2ccc(C)cc2)cc1. The van der Waals surface area contributed by atoms with Crippen LogP contribution in [0.4, 0.5) is 10.5 Å². The number of hydrogen-bond acceptors (Lipinski definition) is 3. The molecule has 2 amide bonds. The van der Waals surface area contributed by atoms with Crippen molar-refractivity contribution in [2.45, 2.75) is 39.0 Å². The number of aryl methyl sites for hydroxylation is 1. The molecule has 0 aliphatic heterocycles. The lowest BCUT2D eigenvalue weighted by atomic mass is 10.0. The van der Waals surface area contributed by atoms with Crippen LogP contribution in [0, 0.1) is 6.92 Å². The van der Waals surface area contributed by atoms with E-state index >= 15 is 0 Å². The van der Waals surface area contributed by atoms with Gasteiger partial charge in [0.05, 0.1) is 12.1 Å². The van der Waals surface area contributed by atoms with Gasteiger partial charge in [0.1, 0.15) is 0 Å². The zero-order valence-corrected chi connectivity index (χ0v) is 19.3. The van der Waals surface area contributed by atoms with Gasteiger partial charge in [-0.3, -0.25) is 4.90 Å². The first-order chi connectivity index (χ1) is 15.4. The smallest absolute Gasteiger partial charge is 0.322 e. The highest BCUT2D eigenvalue weighted by molar-refractivity contribution is 5.92. The van der Waals surface area contributed by atoms with Gasteiger partial charge in [0.25, 0.3) is 0 Å². The highest BCUT2D eigenvalue weighted by Crippen LogP contribution is 2.24. The fraction of sp³-hybridized carbons (Fsp3) is 0.296. The highest BCUT2D eigenvalue weighted by atomic mass is 16.5. The molecule has 0 heterocycles. The van der Waals surface area contributed by atoms with Gasteiger partial charge in [-0.2, -0.15) is 0 Å². The van der Waals surface area contributed by atoms with Crippen LogP contribution in [-0.4, -0.2) is 31.8 Å². The third-order valence-corrected chi connectivity index (χ3v) is 5.82. The summed E-state index contributed by atoms with van der Waals surface area (Å²) in [5.41, 5.74) is 11.6. The van der Waals surface area contributed by atoms with Gasteiger partial charge in [0, 0.05) is 25.4 Å². The average Bonchev–Trinajstić information content (AvgIpc) is 2.83. The van der Waals surface area contributed by atoms with Crippen LogP contribution in [0.1, 0.15) is 31.0 Å². The summed E-state index contributed by atoms with van der Waals surface area (Å²) in [4.78, 5) is 15.0. The predicted molar refractivity (Wildman–Crippen MR) is 132 cm³/mol. The number of benzene rings is 3. The second-order valence-electron chi connectivity index (χ2n) is 8.21. The first-order valence-electron chi connectivity index (χ1n) is 11.0. The number of nitrogens with two attached hydrogens (primary N) is 1. The van der Waals surface area contributed by atoms with Crippen molar-refractivity contribution in [1.82, 2.24) is 5.32 Å². The predicted octanol–water partition coefficient (Wildman–Crippen LogP) is 5.30. The molecule has 32 heavy (non-hydrogen) atoms. The van der Waals surface area contributed by atoms with Crippen LogP contribution < -0.4 is 16.0 Å². The van der Waals surface area contributed by atoms with Crippen molar-refractivity contribution in [2.75, 3.05) is 18.6 Å². The van der Waals surface area contributed by atoms with E-state index < -0.39 is 0 Å². The van der Waals surface area contributed by atoms with Gasteiger partial charge in [-0.05, 0) is 49.6 Å². The Bertz CT molecular complexity index is 988. The van der Waals surface area contributed by atoms with Crippen molar-refractivity contribution < 1.29 is 9.53 Å². The lowest BCUT2D eigenvalue weighted by molar-refractivity contribution is 0.0975. The molecule has 0 aromatic heterocycles. The number of nitrogens with one attached hydrogen (secondary N) is 1. The summed E-state index contributed by atoms with van der Waals surface area (Å²) in [6, 6.07) is 25.7. The summed E-state index contributed by atoms with van der Waals surface area (Å²) in [6.45, 7) is 6.30. The maximum Gasteiger partial charge on any atom is 0.322 e. The maximum atomic E-state index is 13.3. The van der Waals surface area contributed by atoms with Gasteiger partial charge < -0.3 is 15.8 Å². The van der Waals surface area contributed by atoms with E-state index in [4.69, 9.17) is 10.5 Å². The summed E-state index contributed by atoms with van der Waals surface area (Å²) in [5, 5.41) is 3.10. The number of methoxy groups -OCH3 is 1. The highest BCUT2D eigenvalue weighted by Gasteiger charge is 2.23. The van der Waals surface area contributed by atoms with E-state index in [-0.39, 0.29) is 24.2 Å². The molecule has 3 N–H and O–H groups in total. The number of hydrogen-bond donors (Lipinski definition) is 2. The number of amides is 2. The van der Waals surface area contributed by atoms with E-state index in [0.29, 0.717) is 6.54 Å². The summed E-state index contributed by atoms with van der Waals surface area (Å²) in [5.74, 6) is 0. The van der Waals surface area contributed by atoms with Crippen LogP contribution in [0.2, 0.25) is 0 Å². The Balaban J connectivity index is 1.83. The third-order valence-electron chi connectivity index (χ3n) is 5.82. The lowest BCUT2D eigenvalue weighted by Crippen LogP contribution is -2.50. The van der Waals surface area contributed by atoms with E-state index in [1.807, 2.05) is 68.4 Å². The molecule has 0 saturated carbocycles. The van der Waals surface area contributed by atoms with Crippen molar-refractivity contribution in [1.29, 1.82) is 0 Å². The Morgan fingerprint density at radius 1 is 0.938 bits per heavy atom. The summed E-state index contributed by atoms with van der Waals surface area (Å²) >= 11 is 0. The third kappa shape index (κ3) is 5.96. The van der Waals surface area contributed by atoms with Gasteiger partial charge in [0.15, 0.2) is 0 Å². The zero-order chi connectivity index (χ0) is 23.1. The van der Waals surface area contributed by atoms with E-state index in [1.165, 1.54) is 5.56 Å². The molecule has 5 nitrogen and oxygen atoms in total. The molecule has 3 aromatic rings. The van der Waals surface area contributed by atoms with Gasteiger partial charge in [0.2, 0.25) is 0 Å². The minimum atomic E-state index is -0.324. The number of nitrogens with zero attached hydrogens (tertiary/aromatic N) is 1. The molecular weight excluding hydrogens is 398 g/mol. The minimum Gasteiger partial charge on any atom is -0.380 e. The number of carbonyl (C=O) groups is 1. The number of ether oxygens (including phenoxy) is 1. The lowest BCUT2D eigenvalue weighted by Gasteiger charge is -2.30. The minimum absolute atomic E-state index is 0.130. The Morgan fingerprint density at radius 2 is 1.50 bits per heavy atom. The van der Waals surface area contributed by atoms with Crippen LogP contribution in [0.3, 0.4) is 0 Å². The number of carbonyl (C=O) groups excluding carboxylic acids is 1. The Labute approximate surface area is 191 Å². The molecule has 0 spiro atoms. The number of anilines is 1. The largest absolute Gasteiger partial charge is 0.380 e. The van der Waals surface area contributed by atoms with Crippen molar-refractivity contribution in [3.05, 3.63) is 90.0 Å². The quantitative estimate of drug-likeness (QED) is 0.508. The fourth-order valence-corrected chi connectivity index (χ4v) is 3.51. The molecule has 5 heteroatoms. The molecule has 0 radical (unpaired) electrons. The van der Waals surface area contributed by atoms with Crippen molar-refractivity contribution in [2.24, 2.45) is 5.73 Å². The standard InChI is InChI=1S/C27H33N3O2/c1-19-10-12-23(13-11-19)24-14-16-25(17-15-24)30(18-26(28)21(3)32-4)27(31)29-20(2)22-8-6-5-7-9-22/h5-17,20-21,26H,18,28H2,1-4H3,(H,29,31).